The molecular formula is C15H20N2O2. The molecule has 2 fully saturated rings. The van der Waals surface area contributed by atoms with E-state index in [0.717, 1.165) is 18.5 Å². The molecule has 0 saturated carbocycles. The van der Waals surface area contributed by atoms with Crippen LogP contribution in [0.25, 0.3) is 0 Å². The number of benzene rings is 1. The Labute approximate surface area is 113 Å². The molecule has 4 nitrogen and oxygen atoms in total. The van der Waals surface area contributed by atoms with E-state index < -0.39 is 0 Å². The third-order valence-electron chi connectivity index (χ3n) is 4.39. The Kier molecular flexibility index (Phi) is 3.19. The lowest BCUT2D eigenvalue weighted by atomic mass is 10.1. The first-order valence-electron chi connectivity index (χ1n) is 6.99. The van der Waals surface area contributed by atoms with Crippen LogP contribution < -0.4 is 5.32 Å². The molecule has 4 heteroatoms. The molecule has 1 aromatic rings. The van der Waals surface area contributed by atoms with E-state index in [1.165, 1.54) is 19.4 Å². The Morgan fingerprint density at radius 1 is 1.37 bits per heavy atom. The van der Waals surface area contributed by atoms with E-state index in [1.54, 1.807) is 18.2 Å². The fourth-order valence-electron chi connectivity index (χ4n) is 3.25. The molecule has 2 N–H and O–H groups in total. The Morgan fingerprint density at radius 2 is 2.21 bits per heavy atom. The average molecular weight is 260 g/mol. The van der Waals surface area contributed by atoms with Crippen molar-refractivity contribution >= 4 is 5.91 Å². The molecule has 3 rings (SSSR count). The number of hydrogen-bond donors (Lipinski definition) is 2. The van der Waals surface area contributed by atoms with Gasteiger partial charge in [0.2, 0.25) is 0 Å². The Morgan fingerprint density at radius 3 is 3.00 bits per heavy atom. The summed E-state index contributed by atoms with van der Waals surface area (Å²) in [4.78, 5) is 14.7. The number of amides is 1. The van der Waals surface area contributed by atoms with Crippen LogP contribution in [0.4, 0.5) is 0 Å². The van der Waals surface area contributed by atoms with E-state index in [4.69, 9.17) is 0 Å². The lowest BCUT2D eigenvalue weighted by Gasteiger charge is -2.21. The van der Waals surface area contributed by atoms with Crippen molar-refractivity contribution < 1.29 is 9.90 Å². The van der Waals surface area contributed by atoms with Crippen LogP contribution in [0.5, 0.6) is 5.75 Å². The van der Waals surface area contributed by atoms with Gasteiger partial charge in [-0.3, -0.25) is 9.69 Å². The van der Waals surface area contributed by atoms with Gasteiger partial charge in [-0.05, 0) is 50.4 Å². The van der Waals surface area contributed by atoms with Gasteiger partial charge in [0.25, 0.3) is 5.91 Å². The highest BCUT2D eigenvalue weighted by Crippen LogP contribution is 2.28. The summed E-state index contributed by atoms with van der Waals surface area (Å²) < 4.78 is 0. The number of rotatable bonds is 2. The van der Waals surface area contributed by atoms with Crippen molar-refractivity contribution in [3.63, 3.8) is 0 Å². The van der Waals surface area contributed by atoms with Crippen LogP contribution in [-0.2, 0) is 0 Å². The van der Waals surface area contributed by atoms with Crippen LogP contribution in [-0.4, -0.2) is 41.1 Å². The van der Waals surface area contributed by atoms with Crippen LogP contribution in [0, 0.1) is 6.92 Å². The number of carbonyl (C=O) groups excluding carboxylic acids is 1. The fraction of sp³-hybridized carbons (Fsp3) is 0.533. The smallest absolute Gasteiger partial charge is 0.251 e. The highest BCUT2D eigenvalue weighted by molar-refractivity contribution is 5.95. The standard InChI is InChI=1S/C15H20N2O2/c1-10-4-5-11(9-14(10)18)15(19)16-12-6-8-17-7-2-3-13(12)17/h4-5,9,12-13,18H,2-3,6-8H2,1H3,(H,16,19). The van der Waals surface area contributed by atoms with Crippen molar-refractivity contribution in [2.75, 3.05) is 13.1 Å². The zero-order chi connectivity index (χ0) is 13.4. The monoisotopic (exact) mass is 260 g/mol. The zero-order valence-corrected chi connectivity index (χ0v) is 11.2. The number of nitrogens with one attached hydrogen (secondary N) is 1. The van der Waals surface area contributed by atoms with Crippen LogP contribution in [0.15, 0.2) is 18.2 Å². The number of fused-ring (bicyclic) bond motifs is 1. The summed E-state index contributed by atoms with van der Waals surface area (Å²) in [5, 5.41) is 12.8. The Balaban J connectivity index is 1.69. The normalized spacial score (nSPS) is 26.4. The molecule has 2 aliphatic heterocycles. The predicted octanol–water partition coefficient (Wildman–Crippen LogP) is 1.67. The van der Waals surface area contributed by atoms with Gasteiger partial charge in [-0.15, -0.1) is 0 Å². The van der Waals surface area contributed by atoms with E-state index in [0.29, 0.717) is 11.6 Å². The van der Waals surface area contributed by atoms with Gasteiger partial charge in [-0.25, -0.2) is 0 Å². The summed E-state index contributed by atoms with van der Waals surface area (Å²) in [7, 11) is 0. The Hall–Kier alpha value is -1.55. The maximum atomic E-state index is 12.2. The summed E-state index contributed by atoms with van der Waals surface area (Å²) in [6, 6.07) is 5.87. The number of nitrogens with zero attached hydrogens (tertiary/aromatic N) is 1. The molecule has 0 aliphatic carbocycles. The lowest BCUT2D eigenvalue weighted by Crippen LogP contribution is -2.42. The van der Waals surface area contributed by atoms with Gasteiger partial charge in [0.15, 0.2) is 0 Å². The predicted molar refractivity (Wildman–Crippen MR) is 73.3 cm³/mol. The van der Waals surface area contributed by atoms with E-state index in [2.05, 4.69) is 10.2 Å². The molecule has 102 valence electrons. The van der Waals surface area contributed by atoms with Crippen LogP contribution in [0.3, 0.4) is 0 Å². The second-order valence-electron chi connectivity index (χ2n) is 5.62. The van der Waals surface area contributed by atoms with Crippen molar-refractivity contribution in [3.05, 3.63) is 29.3 Å². The largest absolute Gasteiger partial charge is 0.508 e. The number of carbonyl (C=O) groups is 1. The minimum atomic E-state index is -0.0750. The van der Waals surface area contributed by atoms with Gasteiger partial charge in [0.1, 0.15) is 5.75 Å². The van der Waals surface area contributed by atoms with Crippen molar-refractivity contribution in [3.8, 4) is 5.75 Å². The second-order valence-corrected chi connectivity index (χ2v) is 5.62. The first kappa shape index (κ1) is 12.5. The van der Waals surface area contributed by atoms with E-state index >= 15 is 0 Å². The second kappa shape index (κ2) is 4.85. The third-order valence-corrected chi connectivity index (χ3v) is 4.39. The van der Waals surface area contributed by atoms with Gasteiger partial charge >= 0.3 is 0 Å². The Bertz CT molecular complexity index is 501. The first-order chi connectivity index (χ1) is 9.15. The molecule has 0 aromatic heterocycles. The van der Waals surface area contributed by atoms with Gasteiger partial charge in [0.05, 0.1) is 0 Å². The molecule has 0 radical (unpaired) electrons. The number of phenols is 1. The molecule has 2 aliphatic rings. The summed E-state index contributed by atoms with van der Waals surface area (Å²) >= 11 is 0. The van der Waals surface area contributed by atoms with Crippen molar-refractivity contribution in [1.29, 1.82) is 0 Å². The summed E-state index contributed by atoms with van der Waals surface area (Å²) in [5.74, 6) is 0.107. The average Bonchev–Trinajstić information content (AvgIpc) is 2.97. The molecule has 2 unspecified atom stereocenters. The molecule has 19 heavy (non-hydrogen) atoms. The lowest BCUT2D eigenvalue weighted by molar-refractivity contribution is 0.0929. The van der Waals surface area contributed by atoms with Gasteiger partial charge in [-0.2, -0.15) is 0 Å². The molecule has 2 atom stereocenters. The number of aryl methyl sites for hydroxylation is 1. The van der Waals surface area contributed by atoms with Crippen LogP contribution >= 0.6 is 0 Å². The maximum Gasteiger partial charge on any atom is 0.251 e. The van der Waals surface area contributed by atoms with Crippen molar-refractivity contribution in [2.24, 2.45) is 0 Å². The van der Waals surface area contributed by atoms with E-state index in [-0.39, 0.29) is 17.7 Å². The maximum absolute atomic E-state index is 12.2. The highest BCUT2D eigenvalue weighted by atomic mass is 16.3. The highest BCUT2D eigenvalue weighted by Gasteiger charge is 2.37. The molecule has 1 aromatic carbocycles. The van der Waals surface area contributed by atoms with E-state index in [1.807, 2.05) is 6.92 Å². The van der Waals surface area contributed by atoms with Crippen LogP contribution in [0.1, 0.15) is 35.2 Å². The molecule has 2 saturated heterocycles. The molecule has 1 amide bonds. The van der Waals surface area contributed by atoms with E-state index in [9.17, 15) is 9.90 Å². The van der Waals surface area contributed by atoms with Gasteiger partial charge in [-0.1, -0.05) is 6.07 Å². The number of aromatic hydroxyl groups is 1. The SMILES string of the molecule is Cc1ccc(C(=O)NC2CCN3CCCC23)cc1O. The molecular weight excluding hydrogens is 240 g/mol. The zero-order valence-electron chi connectivity index (χ0n) is 11.2. The minimum Gasteiger partial charge on any atom is -0.508 e. The van der Waals surface area contributed by atoms with Crippen molar-refractivity contribution in [2.45, 2.75) is 38.3 Å². The van der Waals surface area contributed by atoms with Crippen molar-refractivity contribution in [1.82, 2.24) is 10.2 Å². The summed E-state index contributed by atoms with van der Waals surface area (Å²) in [6.45, 7) is 4.08. The number of hydrogen-bond acceptors (Lipinski definition) is 3. The fourth-order valence-corrected chi connectivity index (χ4v) is 3.25. The topological polar surface area (TPSA) is 52.6 Å². The van der Waals surface area contributed by atoms with Crippen LogP contribution in [0.2, 0.25) is 0 Å². The third kappa shape index (κ3) is 2.32. The summed E-state index contributed by atoms with van der Waals surface area (Å²) in [6.07, 6.45) is 3.46. The quantitative estimate of drug-likeness (QED) is 0.850. The molecule has 0 bridgehead atoms. The van der Waals surface area contributed by atoms with Gasteiger partial charge in [0, 0.05) is 24.2 Å². The first-order valence-corrected chi connectivity index (χ1v) is 6.99. The summed E-state index contributed by atoms with van der Waals surface area (Å²) in [5.41, 5.74) is 1.33. The minimum absolute atomic E-state index is 0.0750. The molecule has 2 heterocycles. The number of phenolic OH excluding ortho intramolecular Hbond substituents is 1. The molecule has 0 spiro atoms. The van der Waals surface area contributed by atoms with Gasteiger partial charge < -0.3 is 10.4 Å².